The molecule has 8 nitrogen and oxygen atoms in total. The zero-order valence-corrected chi connectivity index (χ0v) is 18.9. The summed E-state index contributed by atoms with van der Waals surface area (Å²) in [4.78, 5) is 19.1. The summed E-state index contributed by atoms with van der Waals surface area (Å²) in [5.74, 6) is 0.201. The van der Waals surface area contributed by atoms with Gasteiger partial charge in [0.25, 0.3) is 0 Å². The van der Waals surface area contributed by atoms with E-state index < -0.39 is 0 Å². The lowest BCUT2D eigenvalue weighted by Gasteiger charge is -2.35. The average Bonchev–Trinajstić information content (AvgIpc) is 3.19. The van der Waals surface area contributed by atoms with Crippen LogP contribution < -0.4 is 5.32 Å². The molecule has 170 valence electrons. The Balaban J connectivity index is 1.67. The van der Waals surface area contributed by atoms with Crippen molar-refractivity contribution in [2.24, 2.45) is 5.10 Å². The second kappa shape index (κ2) is 8.40. The summed E-state index contributed by atoms with van der Waals surface area (Å²) in [6, 6.07) is 8.53. The van der Waals surface area contributed by atoms with Crippen LogP contribution in [0.2, 0.25) is 0 Å². The van der Waals surface area contributed by atoms with Crippen molar-refractivity contribution in [2.75, 3.05) is 20.6 Å². The first-order valence-corrected chi connectivity index (χ1v) is 11.0. The number of carbonyl (C=O) groups is 1. The Hall–Kier alpha value is -3.59. The van der Waals surface area contributed by atoms with Crippen molar-refractivity contribution in [3.8, 4) is 0 Å². The van der Waals surface area contributed by atoms with Gasteiger partial charge in [-0.2, -0.15) is 5.10 Å². The number of allylic oxidation sites excluding steroid dienone is 3. The van der Waals surface area contributed by atoms with Gasteiger partial charge in [0.2, 0.25) is 0 Å². The van der Waals surface area contributed by atoms with E-state index in [1.54, 1.807) is 6.33 Å². The fourth-order valence-corrected chi connectivity index (χ4v) is 4.78. The van der Waals surface area contributed by atoms with Crippen molar-refractivity contribution in [1.29, 1.82) is 0 Å². The number of nitrogens with one attached hydrogen (secondary N) is 1. The molecule has 1 aromatic carbocycles. The van der Waals surface area contributed by atoms with E-state index in [1.807, 2.05) is 25.7 Å². The topological polar surface area (TPSA) is 78.7 Å². The molecule has 1 aliphatic carbocycles. The fraction of sp³-hybridized carbons (Fsp3) is 0.333. The van der Waals surface area contributed by atoms with Gasteiger partial charge in [0.1, 0.15) is 17.8 Å². The number of benzene rings is 1. The lowest BCUT2D eigenvalue weighted by atomic mass is 9.74. The Morgan fingerprint density at radius 1 is 1.24 bits per heavy atom. The van der Waals surface area contributed by atoms with E-state index in [4.69, 9.17) is 0 Å². The number of aromatic nitrogens is 3. The van der Waals surface area contributed by atoms with Crippen molar-refractivity contribution in [1.82, 2.24) is 30.2 Å². The molecule has 2 aliphatic heterocycles. The minimum atomic E-state index is -0.264. The molecule has 33 heavy (non-hydrogen) atoms. The number of hydrazone groups is 1. The number of hydrogen-bond acceptors (Lipinski definition) is 7. The number of nitrogens with zero attached hydrogens (tertiary/aromatic N) is 6. The highest BCUT2D eigenvalue weighted by Gasteiger charge is 2.41. The van der Waals surface area contributed by atoms with E-state index in [1.165, 1.54) is 17.9 Å². The largest absolute Gasteiger partial charge is 0.380 e. The van der Waals surface area contributed by atoms with E-state index in [0.29, 0.717) is 12.1 Å². The molecule has 1 aromatic heterocycles. The normalized spacial score (nSPS) is 22.1. The molecule has 2 atom stereocenters. The van der Waals surface area contributed by atoms with E-state index >= 15 is 0 Å². The summed E-state index contributed by atoms with van der Waals surface area (Å²) in [5, 5.41) is 11.8. The first-order valence-electron chi connectivity index (χ1n) is 11.0. The van der Waals surface area contributed by atoms with Gasteiger partial charge in [-0.3, -0.25) is 4.79 Å². The Kier molecular flexibility index (Phi) is 5.41. The molecule has 0 amide bonds. The van der Waals surface area contributed by atoms with Crippen LogP contribution in [0.1, 0.15) is 35.7 Å². The Bertz CT molecular complexity index is 1210. The maximum atomic E-state index is 14.7. The van der Waals surface area contributed by atoms with Crippen LogP contribution in [0, 0.1) is 0 Å². The van der Waals surface area contributed by atoms with Crippen LogP contribution in [0.3, 0.4) is 0 Å². The Morgan fingerprint density at radius 2 is 2.03 bits per heavy atom. The maximum absolute atomic E-state index is 14.7. The van der Waals surface area contributed by atoms with Crippen molar-refractivity contribution >= 4 is 12.0 Å². The van der Waals surface area contributed by atoms with Crippen LogP contribution in [-0.2, 0) is 17.9 Å². The fourth-order valence-electron chi connectivity index (χ4n) is 4.78. The lowest BCUT2D eigenvalue weighted by molar-refractivity contribution is -0.113. The van der Waals surface area contributed by atoms with Crippen LogP contribution in [0.25, 0.3) is 0 Å². The molecule has 0 spiro atoms. The van der Waals surface area contributed by atoms with Crippen LogP contribution in [-0.4, -0.2) is 57.5 Å². The summed E-state index contributed by atoms with van der Waals surface area (Å²) in [5.41, 5.74) is 4.68. The minimum Gasteiger partial charge on any atom is -0.380 e. The van der Waals surface area contributed by atoms with Gasteiger partial charge >= 0.3 is 0 Å². The molecular weight excluding hydrogens is 421 g/mol. The quantitative estimate of drug-likeness (QED) is 0.710. The molecule has 3 heterocycles. The van der Waals surface area contributed by atoms with Gasteiger partial charge in [0.15, 0.2) is 5.78 Å². The second-order valence-electron chi connectivity index (χ2n) is 8.68. The van der Waals surface area contributed by atoms with Gasteiger partial charge in [-0.15, -0.1) is 5.10 Å². The highest BCUT2D eigenvalue weighted by molar-refractivity contribution is 5.97. The molecule has 1 N–H and O–H groups in total. The van der Waals surface area contributed by atoms with E-state index in [2.05, 4.69) is 55.7 Å². The van der Waals surface area contributed by atoms with Gasteiger partial charge in [0, 0.05) is 41.9 Å². The zero-order chi connectivity index (χ0) is 23.1. The second-order valence-corrected chi connectivity index (χ2v) is 8.68. The molecule has 0 radical (unpaired) electrons. The molecular formula is C24H26FN7O. The van der Waals surface area contributed by atoms with Crippen molar-refractivity contribution in [3.05, 3.63) is 82.2 Å². The van der Waals surface area contributed by atoms with Crippen molar-refractivity contribution in [2.45, 2.75) is 31.8 Å². The summed E-state index contributed by atoms with van der Waals surface area (Å²) in [6.07, 6.45) is 6.47. The van der Waals surface area contributed by atoms with Gasteiger partial charge in [-0.1, -0.05) is 40.1 Å². The van der Waals surface area contributed by atoms with Gasteiger partial charge < -0.3 is 10.2 Å². The molecule has 0 saturated carbocycles. The minimum absolute atomic E-state index is 0.0781. The summed E-state index contributed by atoms with van der Waals surface area (Å²) < 4.78 is 16.5. The molecule has 0 saturated heterocycles. The first-order chi connectivity index (χ1) is 16.0. The highest BCUT2D eigenvalue weighted by Crippen LogP contribution is 2.47. The van der Waals surface area contributed by atoms with Crippen molar-refractivity contribution in [3.63, 3.8) is 0 Å². The number of carbonyl (C=O) groups excluding carboxylic acids is 1. The standard InChI is InChI=1S/C24H26FN7O/c1-4-31-24(27-14-29-31)22-19(16-7-5-15(6-8-16)13-30(2)3)9-17-11-28-32(25)20-10-18(33)12-26-23(22)21(17)20/h5-11,14,19,22,26H,4,12-13H2,1-3H3. The predicted molar refractivity (Wildman–Crippen MR) is 123 cm³/mol. The van der Waals surface area contributed by atoms with Crippen LogP contribution in [0.4, 0.5) is 4.48 Å². The number of ketones is 1. The van der Waals surface area contributed by atoms with Crippen molar-refractivity contribution < 1.29 is 9.28 Å². The molecule has 9 heteroatoms. The Labute approximate surface area is 191 Å². The maximum Gasteiger partial charge on any atom is 0.176 e. The van der Waals surface area contributed by atoms with Gasteiger partial charge in [0.05, 0.1) is 18.7 Å². The summed E-state index contributed by atoms with van der Waals surface area (Å²) in [6.45, 7) is 3.59. The first kappa shape index (κ1) is 21.3. The molecule has 0 bridgehead atoms. The third-order valence-corrected chi connectivity index (χ3v) is 6.18. The molecule has 3 aliphatic rings. The van der Waals surface area contributed by atoms with Crippen LogP contribution in [0.5, 0.6) is 0 Å². The highest BCUT2D eigenvalue weighted by atomic mass is 19.2. The SMILES string of the molecule is CCn1ncnc1C1C2=C3C(=CC1c1ccc(CN(C)C)cc1)C=NN(F)C3=CC(=O)CN2. The summed E-state index contributed by atoms with van der Waals surface area (Å²) in [7, 11) is 4.09. The van der Waals surface area contributed by atoms with Gasteiger partial charge in [-0.25, -0.2) is 9.67 Å². The Morgan fingerprint density at radius 3 is 2.76 bits per heavy atom. The van der Waals surface area contributed by atoms with Crippen LogP contribution in [0.15, 0.2) is 70.4 Å². The number of hydrogen-bond donors (Lipinski definition) is 1. The van der Waals surface area contributed by atoms with E-state index in [9.17, 15) is 9.28 Å². The monoisotopic (exact) mass is 447 g/mol. The predicted octanol–water partition coefficient (Wildman–Crippen LogP) is 2.66. The van der Waals surface area contributed by atoms with Crippen LogP contribution >= 0.6 is 0 Å². The number of rotatable bonds is 5. The number of aryl methyl sites for hydroxylation is 1. The number of halogens is 1. The summed E-state index contributed by atoms with van der Waals surface area (Å²) >= 11 is 0. The third kappa shape index (κ3) is 3.78. The van der Waals surface area contributed by atoms with E-state index in [-0.39, 0.29) is 35.1 Å². The molecule has 5 rings (SSSR count). The van der Waals surface area contributed by atoms with E-state index in [0.717, 1.165) is 29.2 Å². The molecule has 2 unspecified atom stereocenters. The third-order valence-electron chi connectivity index (χ3n) is 6.18. The lowest BCUT2D eigenvalue weighted by Crippen LogP contribution is -2.33. The molecule has 2 aromatic rings. The molecule has 0 fully saturated rings. The zero-order valence-electron chi connectivity index (χ0n) is 18.9. The average molecular weight is 448 g/mol. The smallest absolute Gasteiger partial charge is 0.176 e. The van der Waals surface area contributed by atoms with Gasteiger partial charge in [-0.05, 0) is 32.1 Å².